The van der Waals surface area contributed by atoms with E-state index in [1.807, 2.05) is 0 Å². The fraction of sp³-hybridized carbons (Fsp3) is 0.881. The number of carbonyl (C=O) groups excluding carboxylic acids is 2. The molecular formula is C42H80NO10P. The molecule has 0 radical (unpaired) electrons. The molecule has 0 saturated heterocycles. The lowest BCUT2D eigenvalue weighted by atomic mass is 10.0. The molecule has 12 heteroatoms. The lowest BCUT2D eigenvalue weighted by Crippen LogP contribution is -2.34. The Morgan fingerprint density at radius 2 is 0.981 bits per heavy atom. The first-order chi connectivity index (χ1) is 26.3. The Morgan fingerprint density at radius 1 is 0.574 bits per heavy atom. The quantitative estimate of drug-likeness (QED) is 0.0151. The molecule has 0 amide bonds. The maximum atomic E-state index is 12.6. The molecule has 0 rings (SSSR count). The summed E-state index contributed by atoms with van der Waals surface area (Å²) >= 11 is 0. The number of hydrogen-bond acceptors (Lipinski definition) is 10. The third-order valence-electron chi connectivity index (χ3n) is 9.43. The highest BCUT2D eigenvalue weighted by Gasteiger charge is 2.20. The molecular weight excluding hydrogens is 709 g/mol. The van der Waals surface area contributed by atoms with Crippen molar-refractivity contribution in [2.75, 3.05) is 19.8 Å². The van der Waals surface area contributed by atoms with E-state index in [0.29, 0.717) is 6.42 Å². The molecule has 0 fully saturated rings. The summed E-state index contributed by atoms with van der Waals surface area (Å²) in [7, 11) is -3.21. The number of ether oxygens (including phenoxy) is 2. The van der Waals surface area contributed by atoms with Gasteiger partial charge in [-0.1, -0.05) is 167 Å². The lowest BCUT2D eigenvalue weighted by molar-refractivity contribution is -0.234. The minimum absolute atomic E-state index is 0.218. The van der Waals surface area contributed by atoms with E-state index in [0.717, 1.165) is 51.4 Å². The molecule has 0 saturated carbocycles. The van der Waals surface area contributed by atoms with Crippen LogP contribution in [-0.4, -0.2) is 55.0 Å². The summed E-state index contributed by atoms with van der Waals surface area (Å²) < 4.78 is 32.2. The van der Waals surface area contributed by atoms with E-state index in [9.17, 15) is 18.9 Å². The molecule has 0 bridgehead atoms. The number of carbonyl (C=O) groups is 3. The van der Waals surface area contributed by atoms with Gasteiger partial charge < -0.3 is 24.8 Å². The largest absolute Gasteiger partial charge is 0.480 e. The second kappa shape index (κ2) is 40.9. The average Bonchev–Trinajstić information content (AvgIpc) is 3.15. The maximum Gasteiger partial charge on any atom is 0.347 e. The van der Waals surface area contributed by atoms with Gasteiger partial charge in [0.2, 0.25) is 0 Å². The van der Waals surface area contributed by atoms with Gasteiger partial charge in [-0.05, 0) is 38.5 Å². The summed E-state index contributed by atoms with van der Waals surface area (Å²) in [6, 6.07) is -1.36. The van der Waals surface area contributed by atoms with E-state index in [2.05, 4.69) is 30.7 Å². The van der Waals surface area contributed by atoms with Gasteiger partial charge in [-0.2, -0.15) is 4.67 Å². The van der Waals surface area contributed by atoms with Gasteiger partial charge in [0.1, 0.15) is 19.3 Å². The predicted molar refractivity (Wildman–Crippen MR) is 217 cm³/mol. The molecule has 0 heterocycles. The summed E-state index contributed by atoms with van der Waals surface area (Å²) in [6.07, 6.45) is 37.8. The fourth-order valence-corrected chi connectivity index (χ4v) is 6.54. The van der Waals surface area contributed by atoms with Gasteiger partial charge in [-0.15, -0.1) is 0 Å². The van der Waals surface area contributed by atoms with Crippen LogP contribution in [-0.2, 0) is 42.5 Å². The number of unbranched alkanes of at least 4 members (excludes halogenated alkanes) is 25. The first kappa shape index (κ1) is 52.2. The molecule has 0 aromatic heterocycles. The van der Waals surface area contributed by atoms with Crippen molar-refractivity contribution in [3.8, 4) is 0 Å². The summed E-state index contributed by atoms with van der Waals surface area (Å²) in [5.74, 6) is -2.14. The van der Waals surface area contributed by atoms with Crippen molar-refractivity contribution in [1.82, 2.24) is 0 Å². The second-order valence-electron chi connectivity index (χ2n) is 14.7. The van der Waals surface area contributed by atoms with E-state index >= 15 is 0 Å². The Hall–Kier alpha value is -1.78. The van der Waals surface area contributed by atoms with Crippen LogP contribution in [0.4, 0.5) is 0 Å². The fourth-order valence-electron chi connectivity index (χ4n) is 6.01. The summed E-state index contributed by atoms with van der Waals surface area (Å²) in [4.78, 5) is 40.8. The van der Waals surface area contributed by atoms with Gasteiger partial charge in [0.25, 0.3) is 0 Å². The zero-order valence-electron chi connectivity index (χ0n) is 34.3. The number of esters is 2. The molecule has 0 aliphatic carbocycles. The van der Waals surface area contributed by atoms with Crippen LogP contribution in [0.3, 0.4) is 0 Å². The van der Waals surface area contributed by atoms with E-state index in [-0.39, 0.29) is 32.0 Å². The van der Waals surface area contributed by atoms with Gasteiger partial charge in [-0.3, -0.25) is 18.9 Å². The molecule has 3 N–H and O–H groups in total. The summed E-state index contributed by atoms with van der Waals surface area (Å²) in [5.41, 5.74) is 5.33. The van der Waals surface area contributed by atoms with Crippen LogP contribution in [0.5, 0.6) is 0 Å². The normalized spacial score (nSPS) is 13.2. The Morgan fingerprint density at radius 3 is 1.43 bits per heavy atom. The highest BCUT2D eigenvalue weighted by atomic mass is 31.1. The number of rotatable bonds is 42. The third-order valence-corrected chi connectivity index (χ3v) is 10.1. The number of hydrogen-bond donors (Lipinski definition) is 2. The van der Waals surface area contributed by atoms with Gasteiger partial charge in [-0.25, -0.2) is 4.89 Å². The topological polar surface area (TPSA) is 161 Å². The Kier molecular flexibility index (Phi) is 39.5. The molecule has 0 aromatic rings. The van der Waals surface area contributed by atoms with Crippen LogP contribution in [0.15, 0.2) is 12.2 Å². The van der Waals surface area contributed by atoms with E-state index < -0.39 is 38.9 Å². The van der Waals surface area contributed by atoms with Crippen molar-refractivity contribution in [3.63, 3.8) is 0 Å². The first-order valence-corrected chi connectivity index (χ1v) is 23.0. The Balaban J connectivity index is 4.27. The van der Waals surface area contributed by atoms with Crippen molar-refractivity contribution in [3.05, 3.63) is 12.2 Å². The van der Waals surface area contributed by atoms with Crippen molar-refractivity contribution in [2.24, 2.45) is 5.73 Å². The number of carboxylic acid groups (broad SMARTS) is 1. The van der Waals surface area contributed by atoms with Crippen LogP contribution >= 0.6 is 8.25 Å². The van der Waals surface area contributed by atoms with Crippen LogP contribution in [0.25, 0.3) is 0 Å². The van der Waals surface area contributed by atoms with Crippen molar-refractivity contribution in [1.29, 1.82) is 0 Å². The van der Waals surface area contributed by atoms with E-state index in [4.69, 9.17) is 29.7 Å². The van der Waals surface area contributed by atoms with Crippen LogP contribution in [0.2, 0.25) is 0 Å². The minimum atomic E-state index is -3.21. The second-order valence-corrected chi connectivity index (χ2v) is 15.7. The molecule has 0 aliphatic heterocycles. The van der Waals surface area contributed by atoms with Crippen molar-refractivity contribution < 1.29 is 47.6 Å². The molecule has 0 aromatic carbocycles. The minimum Gasteiger partial charge on any atom is -0.480 e. The number of nitrogens with two attached hydrogens (primary N) is 1. The Labute approximate surface area is 329 Å². The smallest absolute Gasteiger partial charge is 0.347 e. The third kappa shape index (κ3) is 38.5. The zero-order chi connectivity index (χ0) is 39.7. The standard InChI is InChI=1S/C42H80NO10P/c1-3-5-7-9-11-13-15-17-19-21-23-25-27-29-31-33-40(44)49-35-38(36-50-53-54(48)51-37-39(43)42(46)47)52-41(45)34-32-30-28-26-24-22-20-18-16-14-12-10-8-6-4-2/h18,20,38-39,54H,3-17,19,21-37,43H2,1-2H3,(H,46,47)/b20-18-/t38?,39-/m0/s1. The van der Waals surface area contributed by atoms with Gasteiger partial charge >= 0.3 is 26.2 Å². The first-order valence-electron chi connectivity index (χ1n) is 21.7. The number of allylic oxidation sites excluding steroid dienone is 2. The maximum absolute atomic E-state index is 12.6. The molecule has 2 unspecified atom stereocenters. The average molecular weight is 790 g/mol. The molecule has 11 nitrogen and oxygen atoms in total. The molecule has 54 heavy (non-hydrogen) atoms. The van der Waals surface area contributed by atoms with Crippen LogP contribution in [0.1, 0.15) is 206 Å². The van der Waals surface area contributed by atoms with E-state index in [1.165, 1.54) is 122 Å². The van der Waals surface area contributed by atoms with Crippen molar-refractivity contribution >= 4 is 26.2 Å². The van der Waals surface area contributed by atoms with Crippen molar-refractivity contribution in [2.45, 2.75) is 219 Å². The monoisotopic (exact) mass is 790 g/mol. The molecule has 0 spiro atoms. The van der Waals surface area contributed by atoms with Gasteiger partial charge in [0, 0.05) is 12.8 Å². The highest BCUT2D eigenvalue weighted by Crippen LogP contribution is 2.24. The molecule has 3 atom stereocenters. The van der Waals surface area contributed by atoms with Gasteiger partial charge in [0.15, 0.2) is 6.10 Å². The highest BCUT2D eigenvalue weighted by molar-refractivity contribution is 7.33. The van der Waals surface area contributed by atoms with E-state index in [1.54, 1.807) is 0 Å². The predicted octanol–water partition coefficient (Wildman–Crippen LogP) is 11.5. The summed E-state index contributed by atoms with van der Waals surface area (Å²) in [6.45, 7) is 3.39. The lowest BCUT2D eigenvalue weighted by Gasteiger charge is -2.17. The number of carboxylic acids is 1. The SMILES string of the molecule is CCCCCCCC/C=C\CCCCCCCC(=O)OC(COO[PH](=O)OC[C@H](N)C(=O)O)COC(=O)CCCCCCCCCCCCCCCCC. The Bertz CT molecular complexity index is 935. The van der Waals surface area contributed by atoms with Crippen LogP contribution < -0.4 is 5.73 Å². The molecule has 0 aliphatic rings. The summed E-state index contributed by atoms with van der Waals surface area (Å²) in [5, 5.41) is 8.82. The number of aliphatic carboxylic acids is 1. The van der Waals surface area contributed by atoms with Gasteiger partial charge in [0.05, 0.1) is 6.61 Å². The molecule has 318 valence electrons. The van der Waals surface area contributed by atoms with Crippen LogP contribution in [0, 0.1) is 0 Å². The zero-order valence-corrected chi connectivity index (χ0v) is 35.3.